The van der Waals surface area contributed by atoms with E-state index in [1.54, 1.807) is 24.4 Å². The normalized spacial score (nSPS) is 19.7. The molecule has 2 aromatic rings. The van der Waals surface area contributed by atoms with Crippen molar-refractivity contribution in [3.05, 3.63) is 42.0 Å². The van der Waals surface area contributed by atoms with Crippen LogP contribution < -0.4 is 4.74 Å². The van der Waals surface area contributed by atoms with Gasteiger partial charge in [0, 0.05) is 31.0 Å². The number of benzene rings is 1. The van der Waals surface area contributed by atoms with Crippen molar-refractivity contribution in [1.82, 2.24) is 14.3 Å². The smallest absolute Gasteiger partial charge is 0.243 e. The van der Waals surface area contributed by atoms with Gasteiger partial charge in [-0.2, -0.15) is 4.31 Å². The van der Waals surface area contributed by atoms with Gasteiger partial charge in [0.15, 0.2) is 0 Å². The number of imidazole rings is 1. The van der Waals surface area contributed by atoms with Gasteiger partial charge in [-0.15, -0.1) is 0 Å². The van der Waals surface area contributed by atoms with E-state index in [1.165, 1.54) is 17.5 Å². The highest BCUT2D eigenvalue weighted by Crippen LogP contribution is 2.26. The number of nitrogens with zero attached hydrogens (tertiary/aromatic N) is 2. The van der Waals surface area contributed by atoms with Gasteiger partial charge >= 0.3 is 0 Å². The summed E-state index contributed by atoms with van der Waals surface area (Å²) in [6, 6.07) is 6.47. The van der Waals surface area contributed by atoms with Crippen molar-refractivity contribution in [1.29, 1.82) is 0 Å². The third-order valence-electron chi connectivity index (χ3n) is 3.74. The molecule has 1 fully saturated rings. The molecule has 7 nitrogen and oxygen atoms in total. The summed E-state index contributed by atoms with van der Waals surface area (Å²) in [6.45, 7) is 2.76. The minimum absolute atomic E-state index is 0.216. The van der Waals surface area contributed by atoms with E-state index in [-0.39, 0.29) is 11.4 Å². The predicted molar refractivity (Wildman–Crippen MR) is 83.8 cm³/mol. The molecule has 1 atom stereocenters. The molecule has 3 rings (SSSR count). The van der Waals surface area contributed by atoms with E-state index in [4.69, 9.17) is 9.47 Å². The summed E-state index contributed by atoms with van der Waals surface area (Å²) in [7, 11) is -2.09. The summed E-state index contributed by atoms with van der Waals surface area (Å²) in [6.07, 6.45) is 1.31. The van der Waals surface area contributed by atoms with Crippen LogP contribution in [0.1, 0.15) is 17.6 Å². The van der Waals surface area contributed by atoms with Gasteiger partial charge < -0.3 is 14.5 Å². The van der Waals surface area contributed by atoms with Crippen LogP contribution in [-0.2, 0) is 14.8 Å². The Balaban J connectivity index is 1.84. The second-order valence-corrected chi connectivity index (χ2v) is 7.29. The number of nitrogens with one attached hydrogen (secondary N) is 1. The minimum atomic E-state index is -3.60. The third-order valence-corrected chi connectivity index (χ3v) is 5.60. The Bertz CT molecular complexity index is 788. The first-order valence-electron chi connectivity index (χ1n) is 7.28. The highest BCUT2D eigenvalue weighted by Gasteiger charge is 2.32. The van der Waals surface area contributed by atoms with Gasteiger partial charge in [-0.3, -0.25) is 0 Å². The van der Waals surface area contributed by atoms with E-state index in [9.17, 15) is 8.42 Å². The number of H-pyrrole nitrogens is 1. The van der Waals surface area contributed by atoms with Crippen LogP contribution in [-0.4, -0.2) is 49.5 Å². The summed E-state index contributed by atoms with van der Waals surface area (Å²) in [5.74, 6) is 1.16. The van der Waals surface area contributed by atoms with Crippen LogP contribution in [0.25, 0.3) is 0 Å². The number of hydrogen-bond donors (Lipinski definition) is 1. The standard InChI is InChI=1S/C15H19N3O4S/c1-11-9-16-15(17-11)14-10-18(6-7-22-14)23(19,20)13-5-3-4-12(8-13)21-2/h3-5,8-9,14H,6-7,10H2,1-2H3,(H,16,17)/t14-/m0/s1. The van der Waals surface area contributed by atoms with E-state index in [0.29, 0.717) is 24.7 Å². The van der Waals surface area contributed by atoms with Crippen molar-refractivity contribution < 1.29 is 17.9 Å². The van der Waals surface area contributed by atoms with E-state index < -0.39 is 16.1 Å². The highest BCUT2D eigenvalue weighted by atomic mass is 32.2. The summed E-state index contributed by atoms with van der Waals surface area (Å²) >= 11 is 0. The Hall–Kier alpha value is -1.90. The molecule has 1 N–H and O–H groups in total. The highest BCUT2D eigenvalue weighted by molar-refractivity contribution is 7.89. The lowest BCUT2D eigenvalue weighted by atomic mass is 10.3. The Labute approximate surface area is 135 Å². The molecule has 1 aromatic heterocycles. The summed E-state index contributed by atoms with van der Waals surface area (Å²) in [5, 5.41) is 0. The molecule has 1 aliphatic rings. The largest absolute Gasteiger partial charge is 0.497 e. The lowest BCUT2D eigenvalue weighted by molar-refractivity contribution is -0.00711. The topological polar surface area (TPSA) is 84.5 Å². The van der Waals surface area contributed by atoms with Gasteiger partial charge in [0.05, 0.1) is 18.6 Å². The Kier molecular flexibility index (Phi) is 4.38. The fourth-order valence-corrected chi connectivity index (χ4v) is 3.98. The zero-order valence-corrected chi connectivity index (χ0v) is 13.8. The van der Waals surface area contributed by atoms with Crippen molar-refractivity contribution in [3.8, 4) is 5.75 Å². The van der Waals surface area contributed by atoms with Crippen molar-refractivity contribution in [2.24, 2.45) is 0 Å². The molecule has 1 aliphatic heterocycles. The number of aryl methyl sites for hydroxylation is 1. The molecule has 0 unspecified atom stereocenters. The van der Waals surface area contributed by atoms with Gasteiger partial charge in [0.2, 0.25) is 10.0 Å². The first kappa shape index (κ1) is 16.0. The molecule has 0 spiro atoms. The summed E-state index contributed by atoms with van der Waals surface area (Å²) < 4.78 is 37.8. The number of methoxy groups -OCH3 is 1. The molecule has 0 bridgehead atoms. The van der Waals surface area contributed by atoms with Crippen molar-refractivity contribution in [2.45, 2.75) is 17.9 Å². The van der Waals surface area contributed by atoms with Crippen LogP contribution in [0.3, 0.4) is 0 Å². The number of hydrogen-bond acceptors (Lipinski definition) is 5. The van der Waals surface area contributed by atoms with E-state index in [0.717, 1.165) is 5.69 Å². The lowest BCUT2D eigenvalue weighted by Gasteiger charge is -2.31. The molecule has 8 heteroatoms. The molecule has 2 heterocycles. The average molecular weight is 337 g/mol. The first-order chi connectivity index (χ1) is 11.0. The van der Waals surface area contributed by atoms with Crippen molar-refractivity contribution in [3.63, 3.8) is 0 Å². The van der Waals surface area contributed by atoms with Crippen molar-refractivity contribution in [2.75, 3.05) is 26.8 Å². The molecule has 1 aromatic carbocycles. The number of rotatable bonds is 4. The lowest BCUT2D eigenvalue weighted by Crippen LogP contribution is -2.42. The van der Waals surface area contributed by atoms with Crippen LogP contribution >= 0.6 is 0 Å². The minimum Gasteiger partial charge on any atom is -0.497 e. The molecule has 0 radical (unpaired) electrons. The molecular formula is C15H19N3O4S. The maximum absolute atomic E-state index is 12.8. The fourth-order valence-electron chi connectivity index (χ4n) is 2.52. The van der Waals surface area contributed by atoms with Gasteiger partial charge in [-0.05, 0) is 19.1 Å². The molecule has 23 heavy (non-hydrogen) atoms. The van der Waals surface area contributed by atoms with Gasteiger partial charge in [0.1, 0.15) is 17.7 Å². The average Bonchev–Trinajstić information content (AvgIpc) is 3.01. The number of aromatic amines is 1. The molecule has 0 amide bonds. The molecular weight excluding hydrogens is 318 g/mol. The van der Waals surface area contributed by atoms with E-state index >= 15 is 0 Å². The van der Waals surface area contributed by atoms with Crippen LogP contribution in [0.15, 0.2) is 35.4 Å². The summed E-state index contributed by atoms with van der Waals surface area (Å²) in [4.78, 5) is 7.55. The van der Waals surface area contributed by atoms with Crippen LogP contribution in [0.4, 0.5) is 0 Å². The van der Waals surface area contributed by atoms with Crippen LogP contribution in [0.5, 0.6) is 5.75 Å². The predicted octanol–water partition coefficient (Wildman–Crippen LogP) is 1.49. The SMILES string of the molecule is COc1cccc(S(=O)(=O)N2CCO[C@H](c3ncc(C)[nH]3)C2)c1. The molecule has 1 saturated heterocycles. The second-order valence-electron chi connectivity index (χ2n) is 5.35. The van der Waals surface area contributed by atoms with E-state index in [1.807, 2.05) is 6.92 Å². The number of sulfonamides is 1. The Morgan fingerprint density at radius 2 is 2.26 bits per heavy atom. The van der Waals surface area contributed by atoms with Gasteiger partial charge in [-0.25, -0.2) is 13.4 Å². The zero-order chi connectivity index (χ0) is 16.4. The monoisotopic (exact) mass is 337 g/mol. The maximum Gasteiger partial charge on any atom is 0.243 e. The van der Waals surface area contributed by atoms with E-state index in [2.05, 4.69) is 9.97 Å². The van der Waals surface area contributed by atoms with Crippen molar-refractivity contribution >= 4 is 10.0 Å². The third kappa shape index (κ3) is 3.24. The first-order valence-corrected chi connectivity index (χ1v) is 8.72. The van der Waals surface area contributed by atoms with Gasteiger partial charge in [0.25, 0.3) is 0 Å². The fraction of sp³-hybridized carbons (Fsp3) is 0.400. The number of morpholine rings is 1. The Morgan fingerprint density at radius 3 is 2.96 bits per heavy atom. The van der Waals surface area contributed by atoms with Crippen LogP contribution in [0.2, 0.25) is 0 Å². The second kappa shape index (κ2) is 6.31. The molecule has 0 saturated carbocycles. The number of aromatic nitrogens is 2. The number of ether oxygens (including phenoxy) is 2. The summed E-state index contributed by atoms with van der Waals surface area (Å²) in [5.41, 5.74) is 0.913. The molecule has 124 valence electrons. The Morgan fingerprint density at radius 1 is 1.43 bits per heavy atom. The molecule has 0 aliphatic carbocycles. The quantitative estimate of drug-likeness (QED) is 0.914. The maximum atomic E-state index is 12.8. The zero-order valence-electron chi connectivity index (χ0n) is 13.0. The van der Waals surface area contributed by atoms with Gasteiger partial charge in [-0.1, -0.05) is 6.07 Å². The van der Waals surface area contributed by atoms with Crippen LogP contribution in [0, 0.1) is 6.92 Å².